The van der Waals surface area contributed by atoms with Gasteiger partial charge < -0.3 is 25.6 Å². The van der Waals surface area contributed by atoms with Gasteiger partial charge >= 0.3 is 6.09 Å². The van der Waals surface area contributed by atoms with Crippen LogP contribution in [0.1, 0.15) is 74.7 Å². The molecule has 1 heterocycles. The first kappa shape index (κ1) is 30.6. The van der Waals surface area contributed by atoms with Gasteiger partial charge in [-0.3, -0.25) is 19.2 Å². The van der Waals surface area contributed by atoms with Crippen LogP contribution in [-0.4, -0.2) is 71.3 Å². The lowest BCUT2D eigenvalue weighted by molar-refractivity contribution is -0.145. The van der Waals surface area contributed by atoms with Crippen molar-refractivity contribution in [3.05, 3.63) is 12.7 Å². The van der Waals surface area contributed by atoms with Crippen LogP contribution >= 0.6 is 0 Å². The lowest BCUT2D eigenvalue weighted by Crippen LogP contribution is -2.60. The highest BCUT2D eigenvalue weighted by Crippen LogP contribution is 2.65. The van der Waals surface area contributed by atoms with E-state index in [4.69, 9.17) is 4.74 Å². The van der Waals surface area contributed by atoms with Gasteiger partial charge in [-0.1, -0.05) is 53.5 Å². The molecule has 3 N–H and O–H groups in total. The monoisotopic (exact) mass is 546 g/mol. The largest absolute Gasteiger partial charge is 0.444 e. The number of hydrogen-bond donors (Lipinski definition) is 3. The Kier molecular flexibility index (Phi) is 8.58. The number of amides is 4. The van der Waals surface area contributed by atoms with Gasteiger partial charge in [0.1, 0.15) is 17.7 Å². The van der Waals surface area contributed by atoms with Gasteiger partial charge in [0.15, 0.2) is 0 Å². The van der Waals surface area contributed by atoms with Gasteiger partial charge in [0.2, 0.25) is 17.6 Å². The van der Waals surface area contributed by atoms with Crippen molar-refractivity contribution in [1.82, 2.24) is 20.9 Å². The topological polar surface area (TPSA) is 134 Å². The molecule has 0 aromatic carbocycles. The summed E-state index contributed by atoms with van der Waals surface area (Å²) in [6.45, 7) is 19.0. The van der Waals surface area contributed by atoms with Crippen molar-refractivity contribution in [2.24, 2.45) is 28.6 Å². The molecule has 5 atom stereocenters. The minimum Gasteiger partial charge on any atom is -0.444 e. The van der Waals surface area contributed by atoms with Crippen LogP contribution in [0.5, 0.6) is 0 Å². The van der Waals surface area contributed by atoms with Gasteiger partial charge in [0.25, 0.3) is 5.91 Å². The molecule has 2 unspecified atom stereocenters. The van der Waals surface area contributed by atoms with Crippen molar-refractivity contribution < 1.29 is 28.7 Å². The second-order valence-electron chi connectivity index (χ2n) is 13.9. The SMILES string of the molecule is C=CCNC(=O)C(=O)C(CC1CC1)NC(=O)[C@@H]1[C@@H]2C(CN1C(=O)[C@@H](NC(=O)OC(C)(C)C)C(C)(C)C)C2(C)C. The zero-order valence-corrected chi connectivity index (χ0v) is 24.7. The normalized spacial score (nSPS) is 25.0. The number of carbonyl (C=O) groups excluding carboxylic acids is 5. The minimum atomic E-state index is -0.967. The number of ether oxygens (including phenoxy) is 1. The Labute approximate surface area is 232 Å². The molecule has 1 saturated heterocycles. The van der Waals surface area contributed by atoms with Crippen molar-refractivity contribution in [3.63, 3.8) is 0 Å². The molecular formula is C29H46N4O6. The number of carbonyl (C=O) groups is 5. The van der Waals surface area contributed by atoms with Crippen molar-refractivity contribution in [2.45, 2.75) is 98.4 Å². The Morgan fingerprint density at radius 1 is 1.05 bits per heavy atom. The first-order chi connectivity index (χ1) is 17.9. The van der Waals surface area contributed by atoms with Crippen LogP contribution in [0.2, 0.25) is 0 Å². The first-order valence-electron chi connectivity index (χ1n) is 13.9. The number of fused-ring (bicyclic) bond motifs is 1. The minimum absolute atomic E-state index is 0.0881. The van der Waals surface area contributed by atoms with E-state index in [9.17, 15) is 24.0 Å². The van der Waals surface area contributed by atoms with Crippen LogP contribution in [0, 0.1) is 28.6 Å². The molecule has 1 aliphatic heterocycles. The van der Waals surface area contributed by atoms with E-state index >= 15 is 0 Å². The smallest absolute Gasteiger partial charge is 0.408 e. The summed E-state index contributed by atoms with van der Waals surface area (Å²) in [4.78, 5) is 67.3. The van der Waals surface area contributed by atoms with Crippen molar-refractivity contribution in [1.29, 1.82) is 0 Å². The van der Waals surface area contributed by atoms with Gasteiger partial charge in [0, 0.05) is 13.1 Å². The highest BCUT2D eigenvalue weighted by molar-refractivity contribution is 6.38. The van der Waals surface area contributed by atoms with E-state index in [1.165, 1.54) is 6.08 Å². The van der Waals surface area contributed by atoms with E-state index in [0.29, 0.717) is 13.0 Å². The molecule has 3 aliphatic rings. The van der Waals surface area contributed by atoms with E-state index in [1.54, 1.807) is 25.7 Å². The highest BCUT2D eigenvalue weighted by atomic mass is 16.6. The summed E-state index contributed by atoms with van der Waals surface area (Å²) < 4.78 is 5.40. The maximum absolute atomic E-state index is 14.0. The summed E-state index contributed by atoms with van der Waals surface area (Å²) in [5.74, 6) is -1.96. The second-order valence-corrected chi connectivity index (χ2v) is 13.9. The molecule has 3 rings (SSSR count). The zero-order chi connectivity index (χ0) is 29.5. The zero-order valence-electron chi connectivity index (χ0n) is 24.7. The molecule has 39 heavy (non-hydrogen) atoms. The predicted octanol–water partition coefficient (Wildman–Crippen LogP) is 2.57. The van der Waals surface area contributed by atoms with E-state index in [1.807, 2.05) is 20.8 Å². The average molecular weight is 547 g/mol. The molecule has 0 aromatic heterocycles. The number of alkyl carbamates (subject to hydrolysis) is 1. The Bertz CT molecular complexity index is 1020. The summed E-state index contributed by atoms with van der Waals surface area (Å²) in [6.07, 6.45) is 3.05. The standard InChI is InChI=1S/C29H46N4O6/c1-10-13-30-24(36)21(34)18(14-16-11-12-16)31-23(35)20-19-17(29(19,8)9)15-33(20)25(37)22(27(2,3)4)32-26(38)39-28(5,6)7/h10,16-20,22H,1,11-15H2,2-9H3,(H,30,36)(H,31,35)(H,32,38)/t17?,18?,19-,20-,22+/m0/s1. The third kappa shape index (κ3) is 7.19. The van der Waals surface area contributed by atoms with Gasteiger partial charge in [-0.15, -0.1) is 6.58 Å². The predicted molar refractivity (Wildman–Crippen MR) is 146 cm³/mol. The molecule has 0 bridgehead atoms. The van der Waals surface area contributed by atoms with Gasteiger partial charge in [0.05, 0.1) is 6.04 Å². The molecule has 0 radical (unpaired) electrons. The Morgan fingerprint density at radius 2 is 1.67 bits per heavy atom. The van der Waals surface area contributed by atoms with Gasteiger partial charge in [-0.05, 0) is 55.8 Å². The first-order valence-corrected chi connectivity index (χ1v) is 13.9. The van der Waals surface area contributed by atoms with Crippen LogP contribution in [0.15, 0.2) is 12.7 Å². The molecule has 218 valence electrons. The van der Waals surface area contributed by atoms with Gasteiger partial charge in [-0.25, -0.2) is 4.79 Å². The van der Waals surface area contributed by atoms with Crippen LogP contribution < -0.4 is 16.0 Å². The molecule has 10 heteroatoms. The number of ketones is 1. The summed E-state index contributed by atoms with van der Waals surface area (Å²) in [5, 5.41) is 8.06. The third-order valence-corrected chi connectivity index (χ3v) is 8.06. The molecule has 2 saturated carbocycles. The van der Waals surface area contributed by atoms with Crippen molar-refractivity contribution >= 4 is 29.6 Å². The summed E-state index contributed by atoms with van der Waals surface area (Å²) in [6, 6.07) is -2.71. The average Bonchev–Trinajstić information content (AvgIpc) is 3.65. The molecular weight excluding hydrogens is 500 g/mol. The molecule has 0 spiro atoms. The summed E-state index contributed by atoms with van der Waals surface area (Å²) in [7, 11) is 0. The summed E-state index contributed by atoms with van der Waals surface area (Å²) in [5.41, 5.74) is -1.55. The maximum Gasteiger partial charge on any atom is 0.408 e. The van der Waals surface area contributed by atoms with Crippen LogP contribution in [0.4, 0.5) is 4.79 Å². The van der Waals surface area contributed by atoms with Crippen LogP contribution in [-0.2, 0) is 23.9 Å². The van der Waals surface area contributed by atoms with E-state index in [-0.39, 0.29) is 35.6 Å². The van der Waals surface area contributed by atoms with E-state index in [0.717, 1.165) is 12.8 Å². The number of nitrogens with zero attached hydrogens (tertiary/aromatic N) is 1. The lowest BCUT2D eigenvalue weighted by Gasteiger charge is -2.38. The van der Waals surface area contributed by atoms with E-state index < -0.39 is 52.8 Å². The fraction of sp³-hybridized carbons (Fsp3) is 0.759. The molecule has 0 aromatic rings. The Morgan fingerprint density at radius 3 is 2.18 bits per heavy atom. The van der Waals surface area contributed by atoms with Crippen LogP contribution in [0.25, 0.3) is 0 Å². The number of Topliss-reactive ketones (excluding diaryl/α,β-unsaturated/α-hetero) is 1. The lowest BCUT2D eigenvalue weighted by atomic mass is 9.85. The second kappa shape index (κ2) is 10.9. The molecule has 2 aliphatic carbocycles. The number of rotatable bonds is 10. The molecule has 4 amide bonds. The Balaban J connectivity index is 1.82. The third-order valence-electron chi connectivity index (χ3n) is 8.06. The molecule has 10 nitrogen and oxygen atoms in total. The quantitative estimate of drug-likeness (QED) is 0.285. The Hall–Kier alpha value is -2.91. The molecule has 3 fully saturated rings. The highest BCUT2D eigenvalue weighted by Gasteiger charge is 2.70. The van der Waals surface area contributed by atoms with Crippen LogP contribution in [0.3, 0.4) is 0 Å². The van der Waals surface area contributed by atoms with E-state index in [2.05, 4.69) is 36.4 Å². The fourth-order valence-corrected chi connectivity index (χ4v) is 5.64. The number of nitrogens with one attached hydrogen (secondary N) is 3. The van der Waals surface area contributed by atoms with Crippen molar-refractivity contribution in [3.8, 4) is 0 Å². The summed E-state index contributed by atoms with van der Waals surface area (Å²) >= 11 is 0. The fourth-order valence-electron chi connectivity index (χ4n) is 5.64. The number of hydrogen-bond acceptors (Lipinski definition) is 6. The number of likely N-dealkylation sites (tertiary alicyclic amines) is 1. The maximum atomic E-state index is 14.0. The van der Waals surface area contributed by atoms with Gasteiger partial charge in [-0.2, -0.15) is 0 Å². The van der Waals surface area contributed by atoms with Crippen molar-refractivity contribution in [2.75, 3.05) is 13.1 Å². The number of piperidine rings is 1.